The van der Waals surface area contributed by atoms with E-state index < -0.39 is 0 Å². The summed E-state index contributed by atoms with van der Waals surface area (Å²) in [5.41, 5.74) is 2.35. The van der Waals surface area contributed by atoms with Crippen molar-refractivity contribution < 1.29 is 9.18 Å². The molecule has 0 radical (unpaired) electrons. The van der Waals surface area contributed by atoms with Gasteiger partial charge in [-0.3, -0.25) is 4.79 Å². The molecule has 1 fully saturated rings. The lowest BCUT2D eigenvalue weighted by Crippen LogP contribution is -2.29. The van der Waals surface area contributed by atoms with Gasteiger partial charge in [0.25, 0.3) is 0 Å². The molecule has 1 atom stereocenters. The van der Waals surface area contributed by atoms with Gasteiger partial charge in [0.05, 0.1) is 0 Å². The highest BCUT2D eigenvalue weighted by Crippen LogP contribution is 2.30. The summed E-state index contributed by atoms with van der Waals surface area (Å²) in [6, 6.07) is 5.38. The van der Waals surface area contributed by atoms with Crippen LogP contribution in [0.1, 0.15) is 34.9 Å². The molecule has 23 heavy (non-hydrogen) atoms. The summed E-state index contributed by atoms with van der Waals surface area (Å²) in [5, 5.41) is 12.9. The van der Waals surface area contributed by atoms with Crippen molar-refractivity contribution in [1.29, 1.82) is 5.26 Å². The van der Waals surface area contributed by atoms with Crippen molar-refractivity contribution >= 4 is 5.91 Å². The Morgan fingerprint density at radius 3 is 2.91 bits per heavy atom. The topological polar surface area (TPSA) is 74.8 Å². The molecule has 0 N–H and O–H groups in total. The maximum Gasteiger partial charge on any atom is 0.232 e. The number of rotatable bonds is 3. The molecule has 118 valence electrons. The highest BCUT2D eigenvalue weighted by molar-refractivity contribution is 5.79. The van der Waals surface area contributed by atoms with E-state index >= 15 is 0 Å². The molecule has 7 heteroatoms. The summed E-state index contributed by atoms with van der Waals surface area (Å²) in [4.78, 5) is 17.6. The number of hydrogen-bond donors (Lipinski definition) is 0. The molecule has 0 spiro atoms. The molecule has 0 aliphatic carbocycles. The van der Waals surface area contributed by atoms with E-state index in [1.54, 1.807) is 11.8 Å². The number of carbonyl (C=O) groups is 1. The van der Waals surface area contributed by atoms with Gasteiger partial charge in [-0.05, 0) is 36.6 Å². The molecule has 2 heterocycles. The predicted octanol–water partition coefficient (Wildman–Crippen LogP) is 1.88. The minimum Gasteiger partial charge on any atom is -0.322 e. The molecule has 1 saturated heterocycles. The van der Waals surface area contributed by atoms with E-state index in [2.05, 4.69) is 10.1 Å². The number of aromatic nitrogens is 3. The van der Waals surface area contributed by atoms with Crippen LogP contribution in [0.15, 0.2) is 18.5 Å². The summed E-state index contributed by atoms with van der Waals surface area (Å²) >= 11 is 0. The molecule has 1 amide bonds. The average molecular weight is 313 g/mol. The van der Waals surface area contributed by atoms with E-state index in [4.69, 9.17) is 5.26 Å². The molecule has 1 unspecified atom stereocenters. The number of benzene rings is 1. The van der Waals surface area contributed by atoms with Crippen LogP contribution in [0.5, 0.6) is 0 Å². The van der Waals surface area contributed by atoms with Gasteiger partial charge in [-0.2, -0.15) is 10.4 Å². The van der Waals surface area contributed by atoms with Crippen molar-refractivity contribution in [2.24, 2.45) is 0 Å². The van der Waals surface area contributed by atoms with Gasteiger partial charge in [-0.1, -0.05) is 6.07 Å². The molecule has 2 aromatic rings. The molecule has 6 nitrogen and oxygen atoms in total. The van der Waals surface area contributed by atoms with Crippen LogP contribution in [-0.4, -0.2) is 32.1 Å². The molecule has 1 aliphatic rings. The van der Waals surface area contributed by atoms with E-state index in [0.29, 0.717) is 18.5 Å². The van der Waals surface area contributed by atoms with Crippen LogP contribution < -0.4 is 0 Å². The zero-order chi connectivity index (χ0) is 16.6. The fraction of sp³-hybridized carbons (Fsp3) is 0.375. The van der Waals surface area contributed by atoms with Crippen LogP contribution in [0, 0.1) is 31.0 Å². The van der Waals surface area contributed by atoms with Gasteiger partial charge in [-0.15, -0.1) is 0 Å². The normalized spacial score (nSPS) is 17.6. The number of hydrogen-bond acceptors (Lipinski definition) is 4. The van der Waals surface area contributed by atoms with Crippen LogP contribution in [0.2, 0.25) is 0 Å². The first-order chi connectivity index (χ1) is 11.0. The van der Waals surface area contributed by atoms with E-state index in [0.717, 1.165) is 11.1 Å². The van der Waals surface area contributed by atoms with Crippen molar-refractivity contribution in [1.82, 2.24) is 19.7 Å². The Labute approximate surface area is 133 Å². The standard InChI is InChI=1S/C16H16FN5O/c1-10-3-12(4-14(17)11(10)2)13-5-16(23)21(7-13)9-22-15(6-18)19-8-20-22/h3-4,8,13H,5,7,9H2,1-2H3. The fourth-order valence-corrected chi connectivity index (χ4v) is 2.83. The van der Waals surface area contributed by atoms with Gasteiger partial charge < -0.3 is 4.90 Å². The summed E-state index contributed by atoms with van der Waals surface area (Å²) in [6.45, 7) is 4.27. The number of aryl methyl sites for hydroxylation is 1. The first-order valence-electron chi connectivity index (χ1n) is 7.32. The zero-order valence-corrected chi connectivity index (χ0v) is 13.0. The smallest absolute Gasteiger partial charge is 0.232 e. The largest absolute Gasteiger partial charge is 0.322 e. The Kier molecular flexibility index (Phi) is 3.82. The third-order valence-electron chi connectivity index (χ3n) is 4.33. The number of nitriles is 1. The van der Waals surface area contributed by atoms with Crippen LogP contribution in [0.3, 0.4) is 0 Å². The lowest BCUT2D eigenvalue weighted by atomic mass is 9.94. The molecule has 1 aromatic heterocycles. The molecule has 1 aromatic carbocycles. The third-order valence-corrected chi connectivity index (χ3v) is 4.33. The summed E-state index contributed by atoms with van der Waals surface area (Å²) < 4.78 is 15.3. The van der Waals surface area contributed by atoms with E-state index in [1.807, 2.05) is 19.1 Å². The number of carbonyl (C=O) groups excluding carboxylic acids is 1. The summed E-state index contributed by atoms with van der Waals surface area (Å²) in [5.74, 6) is -0.161. The lowest BCUT2D eigenvalue weighted by molar-refractivity contribution is -0.129. The number of halogens is 1. The second-order valence-corrected chi connectivity index (χ2v) is 5.80. The minimum atomic E-state index is -0.242. The highest BCUT2D eigenvalue weighted by Gasteiger charge is 2.31. The Morgan fingerprint density at radius 1 is 1.43 bits per heavy atom. The summed E-state index contributed by atoms with van der Waals surface area (Å²) in [6.07, 6.45) is 1.62. The van der Waals surface area contributed by atoms with Crippen LogP contribution in [0.25, 0.3) is 0 Å². The monoisotopic (exact) mass is 313 g/mol. The van der Waals surface area contributed by atoms with Gasteiger partial charge in [0.1, 0.15) is 24.9 Å². The molecule has 1 aliphatic heterocycles. The van der Waals surface area contributed by atoms with E-state index in [1.165, 1.54) is 17.1 Å². The second-order valence-electron chi connectivity index (χ2n) is 5.80. The molecular formula is C16H16FN5O. The molecule has 0 saturated carbocycles. The first-order valence-corrected chi connectivity index (χ1v) is 7.32. The lowest BCUT2D eigenvalue weighted by Gasteiger charge is -2.17. The number of likely N-dealkylation sites (tertiary alicyclic amines) is 1. The zero-order valence-electron chi connectivity index (χ0n) is 13.0. The number of nitrogens with zero attached hydrogens (tertiary/aromatic N) is 5. The quantitative estimate of drug-likeness (QED) is 0.867. The van der Waals surface area contributed by atoms with Gasteiger partial charge >= 0.3 is 0 Å². The Morgan fingerprint density at radius 2 is 2.22 bits per heavy atom. The first kappa shape index (κ1) is 15.2. The van der Waals surface area contributed by atoms with Gasteiger partial charge in [0.2, 0.25) is 11.7 Å². The van der Waals surface area contributed by atoms with Gasteiger partial charge in [0, 0.05) is 18.9 Å². The Hall–Kier alpha value is -2.75. The minimum absolute atomic E-state index is 0.0342. The van der Waals surface area contributed by atoms with E-state index in [-0.39, 0.29) is 30.1 Å². The van der Waals surface area contributed by atoms with Crippen LogP contribution in [0.4, 0.5) is 4.39 Å². The van der Waals surface area contributed by atoms with Crippen molar-refractivity contribution in [3.05, 3.63) is 46.8 Å². The van der Waals surface area contributed by atoms with Crippen molar-refractivity contribution in [2.45, 2.75) is 32.9 Å². The Balaban J connectivity index is 1.79. The predicted molar refractivity (Wildman–Crippen MR) is 79.7 cm³/mol. The SMILES string of the molecule is Cc1cc(C2CC(=O)N(Cn3ncnc3C#N)C2)cc(F)c1C. The highest BCUT2D eigenvalue weighted by atomic mass is 19.1. The third kappa shape index (κ3) is 2.80. The Bertz CT molecular complexity index is 784. The van der Waals surface area contributed by atoms with Gasteiger partial charge in [0.15, 0.2) is 0 Å². The van der Waals surface area contributed by atoms with Crippen molar-refractivity contribution in [2.75, 3.05) is 6.54 Å². The second kappa shape index (κ2) is 5.80. The van der Waals surface area contributed by atoms with Gasteiger partial charge in [-0.25, -0.2) is 14.1 Å². The van der Waals surface area contributed by atoms with Crippen LogP contribution >= 0.6 is 0 Å². The molecule has 3 rings (SSSR count). The maximum atomic E-state index is 13.9. The maximum absolute atomic E-state index is 13.9. The molecule has 0 bridgehead atoms. The fourth-order valence-electron chi connectivity index (χ4n) is 2.83. The molecular weight excluding hydrogens is 297 g/mol. The average Bonchev–Trinajstić information content (AvgIpc) is 3.11. The van der Waals surface area contributed by atoms with Crippen LogP contribution in [-0.2, 0) is 11.5 Å². The van der Waals surface area contributed by atoms with Crippen molar-refractivity contribution in [3.8, 4) is 6.07 Å². The summed E-state index contributed by atoms with van der Waals surface area (Å²) in [7, 11) is 0. The number of amides is 1. The van der Waals surface area contributed by atoms with Crippen molar-refractivity contribution in [3.63, 3.8) is 0 Å². The van der Waals surface area contributed by atoms with E-state index in [9.17, 15) is 9.18 Å².